The Morgan fingerprint density at radius 1 is 0.642 bits per heavy atom. The number of hydrogen-bond acceptors (Lipinski definition) is 16. The summed E-state index contributed by atoms with van der Waals surface area (Å²) in [5.74, 6) is -3.83. The number of benzene rings is 4. The van der Waals surface area contributed by atoms with Gasteiger partial charge in [-0.15, -0.1) is 0 Å². The number of hydrogen-bond donors (Lipinski definition) is 9. The normalized spacial score (nSPS) is 15.7. The molecule has 0 bridgehead atoms. The maximum Gasteiger partial charge on any atom is 0.469 e. The molecule has 4 amide bonds. The number of aryl methyl sites for hydroxylation is 1. The van der Waals surface area contributed by atoms with Crippen molar-refractivity contribution in [1.82, 2.24) is 45.2 Å². The molecule has 1 fully saturated rings. The number of aromatic amines is 1. The molecule has 4 aromatic carbocycles. The molecule has 1 aromatic heterocycles. The first-order chi connectivity index (χ1) is 38.4. The smallest absolute Gasteiger partial charge is 0.377 e. The molecule has 2 heterocycles. The molecular weight excluding hydrogens is 1110 g/mol. The quantitative estimate of drug-likeness (QED) is 0.0184. The van der Waals surface area contributed by atoms with Crippen molar-refractivity contribution in [3.63, 3.8) is 0 Å². The highest BCUT2D eigenvalue weighted by Crippen LogP contribution is 2.43. The highest BCUT2D eigenvalue weighted by Gasteiger charge is 2.42. The van der Waals surface area contributed by atoms with Crippen LogP contribution in [0.15, 0.2) is 98.4 Å². The number of unbranched alkanes of at least 4 members (excludes halogenated alkanes) is 4. The lowest BCUT2D eigenvalue weighted by atomic mass is 10.1. The van der Waals surface area contributed by atoms with Crippen LogP contribution in [-0.2, 0) is 53.1 Å². The number of anilines is 2. The average molecular weight is 1190 g/mol. The molecule has 3 unspecified atom stereocenters. The van der Waals surface area contributed by atoms with Gasteiger partial charge in [0.25, 0.3) is 5.56 Å². The Kier molecular flexibility index (Phi) is 22.7. The van der Waals surface area contributed by atoms with Crippen molar-refractivity contribution >= 4 is 84.4 Å². The number of nitrogens with one attached hydrogen (secondary N) is 7. The fourth-order valence-corrected chi connectivity index (χ4v) is 12.4. The van der Waals surface area contributed by atoms with Crippen LogP contribution >= 0.6 is 7.82 Å². The van der Waals surface area contributed by atoms with Gasteiger partial charge in [-0.25, -0.2) is 35.6 Å². The van der Waals surface area contributed by atoms with Crippen molar-refractivity contribution < 1.29 is 59.6 Å². The van der Waals surface area contributed by atoms with Crippen molar-refractivity contribution in [3.8, 4) is 0 Å². The number of nitrogens with zero attached hydrogens (tertiary/aromatic N) is 4. The summed E-state index contributed by atoms with van der Waals surface area (Å²) < 4.78 is 82.7. The number of H-pyrrole nitrogens is 1. The molecule has 5 aromatic rings. The molecule has 0 spiro atoms. The van der Waals surface area contributed by atoms with Crippen LogP contribution in [-0.4, -0.2) is 164 Å². The van der Waals surface area contributed by atoms with Gasteiger partial charge in [-0.1, -0.05) is 61.4 Å². The molecular formula is C52H72N11O15PS2. The number of phosphoric acid groups is 1. The van der Waals surface area contributed by atoms with E-state index in [0.717, 1.165) is 26.7 Å². The largest absolute Gasteiger partial charge is 0.469 e. The van der Waals surface area contributed by atoms with E-state index in [9.17, 15) is 60.0 Å². The Hall–Kier alpha value is -6.59. The molecule has 0 radical (unpaired) electrons. The molecule has 1 aliphatic rings. The van der Waals surface area contributed by atoms with E-state index in [2.05, 4.69) is 35.7 Å². The number of sulfonamides is 2. The van der Waals surface area contributed by atoms with Crippen molar-refractivity contribution in [2.24, 2.45) is 0 Å². The Bertz CT molecular complexity index is 3280. The fourth-order valence-electron chi connectivity index (χ4n) is 9.25. The summed E-state index contributed by atoms with van der Waals surface area (Å²) in [5.41, 5.74) is 0.429. The third-order valence-corrected chi connectivity index (χ3v) is 16.9. The van der Waals surface area contributed by atoms with Crippen LogP contribution in [0, 0.1) is 6.92 Å². The molecule has 6 rings (SSSR count). The number of phosphoric ester groups is 1. The van der Waals surface area contributed by atoms with Gasteiger partial charge in [0.05, 0.1) is 15.9 Å². The van der Waals surface area contributed by atoms with Crippen molar-refractivity contribution in [2.45, 2.75) is 80.1 Å². The van der Waals surface area contributed by atoms with Crippen LogP contribution in [0.3, 0.4) is 0 Å². The van der Waals surface area contributed by atoms with Crippen molar-refractivity contribution in [2.75, 3.05) is 96.9 Å². The summed E-state index contributed by atoms with van der Waals surface area (Å²) in [7, 11) is -5.31. The minimum Gasteiger partial charge on any atom is -0.377 e. The van der Waals surface area contributed by atoms with Gasteiger partial charge < -0.3 is 45.6 Å². The molecule has 29 heteroatoms. The minimum atomic E-state index is -5.13. The van der Waals surface area contributed by atoms with E-state index in [1.54, 1.807) is 53.4 Å². The summed E-state index contributed by atoms with van der Waals surface area (Å²) >= 11 is 0. The summed E-state index contributed by atoms with van der Waals surface area (Å²) in [4.78, 5) is 104. The van der Waals surface area contributed by atoms with Crippen LogP contribution in [0.4, 0.5) is 11.4 Å². The number of carbonyl (C=O) groups excluding carboxylic acids is 4. The number of aromatic nitrogens is 2. The van der Waals surface area contributed by atoms with Crippen molar-refractivity contribution in [1.29, 1.82) is 0 Å². The Morgan fingerprint density at radius 3 is 1.51 bits per heavy atom. The molecule has 1 saturated heterocycles. The minimum absolute atomic E-state index is 0.0348. The van der Waals surface area contributed by atoms with E-state index >= 15 is 0 Å². The maximum absolute atomic E-state index is 13.3. The van der Waals surface area contributed by atoms with Gasteiger partial charge >= 0.3 is 37.1 Å². The van der Waals surface area contributed by atoms with E-state index in [1.807, 2.05) is 62.3 Å². The molecule has 0 saturated carbocycles. The third-order valence-electron chi connectivity index (χ3n) is 13.3. The zero-order chi connectivity index (χ0) is 59.1. The summed E-state index contributed by atoms with van der Waals surface area (Å²) in [6.07, 6.45) is 0.211. The SMILES string of the molecule is Cc1cn(C2CC(OP(=O)(O)O)C(CN(CCNC(=O)C(=O)NCCCCCNS(=O)(=O)c3cccc4c(N(C)C)cccc34)CCNC(=O)C(=O)NCCCCCNS(=O)(=O)c3cccc4c(N(C)C)cccc34)O2)c(=O)[nH]c1=O. The molecule has 26 nitrogen and oxygen atoms in total. The van der Waals surface area contributed by atoms with Gasteiger partial charge in [0.1, 0.15) is 12.3 Å². The third kappa shape index (κ3) is 18.0. The van der Waals surface area contributed by atoms with Crippen LogP contribution in [0.5, 0.6) is 0 Å². The number of fused-ring (bicyclic) bond motifs is 2. The first-order valence-corrected chi connectivity index (χ1v) is 30.8. The Morgan fingerprint density at radius 2 is 1.06 bits per heavy atom. The highest BCUT2D eigenvalue weighted by atomic mass is 32.2. The van der Waals surface area contributed by atoms with Gasteiger partial charge in [0.15, 0.2) is 0 Å². The number of ether oxygens (including phenoxy) is 1. The lowest BCUT2D eigenvalue weighted by molar-refractivity contribution is -0.139. The van der Waals surface area contributed by atoms with E-state index < -0.39 is 81.2 Å². The first-order valence-electron chi connectivity index (χ1n) is 26.3. The van der Waals surface area contributed by atoms with Gasteiger partial charge in [-0.2, -0.15) is 0 Å². The molecule has 0 aliphatic carbocycles. The number of rotatable bonds is 29. The topological polar surface area (TPSA) is 349 Å². The first kappa shape index (κ1) is 63.6. The highest BCUT2D eigenvalue weighted by molar-refractivity contribution is 7.90. The lowest BCUT2D eigenvalue weighted by Crippen LogP contribution is -2.48. The maximum atomic E-state index is 13.3. The van der Waals surface area contributed by atoms with E-state index in [-0.39, 0.29) is 80.7 Å². The standard InChI is InChI=1S/C52H72N11O15PS2/c1-35-33-63(52(69)59-47(35)64)46-32-42(78-79(70,71)72)43(77-46)34-62(30-28-55-50(67)48(65)53-24-8-6-10-26-57-80(73,74)44-22-14-16-36-38(44)18-12-20-40(36)60(2)3)31-29-56-51(68)49(66)54-25-9-7-11-27-58-81(75,76)45-23-15-17-37-39(45)19-13-21-41(37)61(4)5/h12-23,33,42-43,46,57-58H,6-11,24-32,34H2,1-5H3,(H,53,65)(H,54,66)(H,55,67)(H,56,68)(H,59,64,69)(H2,70,71,72). The predicted octanol–water partition coefficient (Wildman–Crippen LogP) is 1.11. The van der Waals surface area contributed by atoms with Crippen molar-refractivity contribution in [3.05, 3.63) is 105 Å². The average Bonchev–Trinajstić information content (AvgIpc) is 3.87. The summed E-state index contributed by atoms with van der Waals surface area (Å²) in [6.45, 7) is 1.40. The van der Waals surface area contributed by atoms with Crippen LogP contribution in [0.2, 0.25) is 0 Å². The zero-order valence-corrected chi connectivity index (χ0v) is 48.3. The van der Waals surface area contributed by atoms with Crippen LogP contribution in [0.25, 0.3) is 21.5 Å². The van der Waals surface area contributed by atoms with Gasteiger partial charge in [-0.3, -0.25) is 42.9 Å². The van der Waals surface area contributed by atoms with E-state index in [4.69, 9.17) is 9.26 Å². The fraction of sp³-hybridized carbons (Fsp3) is 0.462. The predicted molar refractivity (Wildman–Crippen MR) is 305 cm³/mol. The number of carbonyl (C=O) groups is 4. The molecule has 81 heavy (non-hydrogen) atoms. The van der Waals surface area contributed by atoms with E-state index in [0.29, 0.717) is 49.3 Å². The van der Waals surface area contributed by atoms with E-state index in [1.165, 1.54) is 13.1 Å². The summed E-state index contributed by atoms with van der Waals surface area (Å²) in [5, 5.41) is 12.9. The van der Waals surface area contributed by atoms with Crippen LogP contribution in [0.1, 0.15) is 56.7 Å². The van der Waals surface area contributed by atoms with Crippen LogP contribution < -0.4 is 51.8 Å². The second-order valence-electron chi connectivity index (χ2n) is 19.8. The molecule has 9 N–H and O–H groups in total. The van der Waals surface area contributed by atoms with Gasteiger partial charge in [-0.05, 0) is 56.9 Å². The Balaban J connectivity index is 0.962. The Labute approximate surface area is 469 Å². The summed E-state index contributed by atoms with van der Waals surface area (Å²) in [6, 6.07) is 21.1. The zero-order valence-electron chi connectivity index (χ0n) is 45.8. The molecule has 3 atom stereocenters. The molecule has 1 aliphatic heterocycles. The monoisotopic (exact) mass is 1190 g/mol. The van der Waals surface area contributed by atoms with Gasteiger partial charge in [0.2, 0.25) is 20.0 Å². The number of amides is 4. The second-order valence-corrected chi connectivity index (χ2v) is 24.4. The lowest BCUT2D eigenvalue weighted by Gasteiger charge is -2.28. The van der Waals surface area contributed by atoms with Gasteiger partial charge in [0, 0.05) is 138 Å². The second kappa shape index (κ2) is 28.9. The molecule has 442 valence electrons.